The minimum atomic E-state index is -0.990. The topological polar surface area (TPSA) is 148 Å². The monoisotopic (exact) mass is 459 g/mol. The Hall–Kier alpha value is -3.69. The van der Waals surface area contributed by atoms with Crippen LogP contribution in [-0.2, 0) is 14.3 Å². The number of nitrogens with two attached hydrogens (primary N) is 1. The van der Waals surface area contributed by atoms with Gasteiger partial charge in [0.1, 0.15) is 23.5 Å². The zero-order chi connectivity index (χ0) is 24.5. The maximum atomic E-state index is 13.0. The molecule has 0 saturated heterocycles. The Kier molecular flexibility index (Phi) is 9.14. The zero-order valence-electron chi connectivity index (χ0n) is 19.7. The fourth-order valence-electron chi connectivity index (χ4n) is 3.45. The highest BCUT2D eigenvalue weighted by atomic mass is 16.5. The average molecular weight is 460 g/mol. The molecule has 0 bridgehead atoms. The van der Waals surface area contributed by atoms with Crippen LogP contribution in [0.5, 0.6) is 5.75 Å². The highest BCUT2D eigenvalue weighted by molar-refractivity contribution is 6.01. The number of fused-ring (bicyclic) bond motifs is 1. The molecule has 180 valence electrons. The largest absolute Gasteiger partial charge is 0.496 e. The van der Waals surface area contributed by atoms with Crippen LogP contribution in [0.15, 0.2) is 36.2 Å². The van der Waals surface area contributed by atoms with E-state index < -0.39 is 29.9 Å². The van der Waals surface area contributed by atoms with E-state index >= 15 is 0 Å². The van der Waals surface area contributed by atoms with Crippen LogP contribution in [0.4, 0.5) is 0 Å². The summed E-state index contributed by atoms with van der Waals surface area (Å²) >= 11 is 0. The van der Waals surface area contributed by atoms with Crippen LogP contribution in [0, 0.1) is 5.92 Å². The number of aromatic nitrogens is 1. The molecule has 0 fully saturated rings. The molecule has 2 atom stereocenters. The smallest absolute Gasteiger partial charge is 0.328 e. The van der Waals surface area contributed by atoms with Crippen LogP contribution in [0.1, 0.15) is 37.2 Å². The number of ether oxygens (including phenoxy) is 2. The Morgan fingerprint density at radius 1 is 1.15 bits per heavy atom. The van der Waals surface area contributed by atoms with Crippen LogP contribution >= 0.6 is 0 Å². The minimum absolute atomic E-state index is 0.0589. The molecule has 10 heteroatoms. The number of esters is 1. The van der Waals surface area contributed by atoms with Crippen LogP contribution in [-0.4, -0.2) is 56.1 Å². The Balaban J connectivity index is 2.21. The summed E-state index contributed by atoms with van der Waals surface area (Å²) in [6.45, 7) is 3.87. The lowest BCUT2D eigenvalue weighted by Gasteiger charge is -2.23. The van der Waals surface area contributed by atoms with Gasteiger partial charge < -0.3 is 36.1 Å². The number of hydrogen-bond donors (Lipinski definition) is 5. The van der Waals surface area contributed by atoms with Crippen molar-refractivity contribution in [1.82, 2.24) is 20.9 Å². The molecule has 6 N–H and O–H groups in total. The molecule has 0 saturated carbocycles. The van der Waals surface area contributed by atoms with E-state index in [1.807, 2.05) is 26.0 Å². The van der Waals surface area contributed by atoms with Crippen molar-refractivity contribution >= 4 is 28.7 Å². The SMILES string of the molecule is CN/C=C(\N)C[C@H](NC(=O)[C@H](CC(C)C)NC(=O)c1cc2c(OC)cccc2[nH]1)C(=O)OC. The Labute approximate surface area is 193 Å². The summed E-state index contributed by atoms with van der Waals surface area (Å²) in [5.74, 6) is -0.841. The molecule has 33 heavy (non-hydrogen) atoms. The highest BCUT2D eigenvalue weighted by Crippen LogP contribution is 2.26. The molecular formula is C23H33N5O5. The molecule has 2 amide bonds. The second-order valence-electron chi connectivity index (χ2n) is 8.06. The van der Waals surface area contributed by atoms with Gasteiger partial charge in [0.15, 0.2) is 0 Å². The van der Waals surface area contributed by atoms with E-state index in [1.54, 1.807) is 26.3 Å². The first-order chi connectivity index (χ1) is 15.7. The summed E-state index contributed by atoms with van der Waals surface area (Å²) < 4.78 is 10.1. The Bertz CT molecular complexity index is 1010. The summed E-state index contributed by atoms with van der Waals surface area (Å²) in [5, 5.41) is 8.96. The van der Waals surface area contributed by atoms with E-state index in [0.29, 0.717) is 23.6 Å². The number of hydrogen-bond acceptors (Lipinski definition) is 7. The summed E-state index contributed by atoms with van der Waals surface area (Å²) in [4.78, 5) is 41.2. The molecule has 0 aliphatic carbocycles. The fourth-order valence-corrected chi connectivity index (χ4v) is 3.45. The van der Waals surface area contributed by atoms with Crippen molar-refractivity contribution in [2.45, 2.75) is 38.8 Å². The van der Waals surface area contributed by atoms with Crippen molar-refractivity contribution in [3.05, 3.63) is 41.9 Å². The van der Waals surface area contributed by atoms with Gasteiger partial charge in [-0.15, -0.1) is 0 Å². The molecular weight excluding hydrogens is 426 g/mol. The fraction of sp³-hybridized carbons (Fsp3) is 0.435. The third-order valence-electron chi connectivity index (χ3n) is 4.99. The third-order valence-corrected chi connectivity index (χ3v) is 4.99. The van der Waals surface area contributed by atoms with Crippen molar-refractivity contribution in [2.75, 3.05) is 21.3 Å². The van der Waals surface area contributed by atoms with Gasteiger partial charge in [-0.1, -0.05) is 19.9 Å². The van der Waals surface area contributed by atoms with E-state index in [2.05, 4.69) is 20.9 Å². The standard InChI is InChI=1S/C23H33N5O5/c1-13(2)9-17(21(29)28-19(23(31)33-5)10-14(24)12-25-3)27-22(30)18-11-15-16(26-18)7-6-8-20(15)32-4/h6-8,11-13,17,19,25-26H,9-10,24H2,1-5H3,(H,27,30)(H,28,29)/b14-12-/t17-,19-/m0/s1. The molecule has 1 aromatic heterocycles. The van der Waals surface area contributed by atoms with Crippen LogP contribution < -0.4 is 26.4 Å². The first-order valence-corrected chi connectivity index (χ1v) is 10.7. The molecule has 2 aromatic rings. The highest BCUT2D eigenvalue weighted by Gasteiger charge is 2.29. The molecule has 0 spiro atoms. The Morgan fingerprint density at radius 2 is 1.88 bits per heavy atom. The van der Waals surface area contributed by atoms with Gasteiger partial charge >= 0.3 is 5.97 Å². The number of rotatable bonds is 11. The molecule has 0 radical (unpaired) electrons. The third kappa shape index (κ3) is 6.90. The molecule has 0 aliphatic rings. The van der Waals surface area contributed by atoms with Gasteiger partial charge in [-0.3, -0.25) is 9.59 Å². The predicted octanol–water partition coefficient (Wildman–Crippen LogP) is 1.39. The quantitative estimate of drug-likeness (QED) is 0.319. The van der Waals surface area contributed by atoms with Gasteiger partial charge in [-0.25, -0.2) is 4.79 Å². The van der Waals surface area contributed by atoms with E-state index in [4.69, 9.17) is 15.2 Å². The lowest BCUT2D eigenvalue weighted by atomic mass is 10.0. The van der Waals surface area contributed by atoms with Gasteiger partial charge in [-0.05, 0) is 30.5 Å². The number of nitrogens with one attached hydrogen (secondary N) is 4. The molecule has 1 aromatic carbocycles. The number of amides is 2. The molecule has 0 aliphatic heterocycles. The lowest BCUT2D eigenvalue weighted by Crippen LogP contribution is -2.52. The average Bonchev–Trinajstić information content (AvgIpc) is 3.22. The molecule has 1 heterocycles. The summed E-state index contributed by atoms with van der Waals surface area (Å²) in [7, 11) is 4.46. The molecule has 10 nitrogen and oxygen atoms in total. The van der Waals surface area contributed by atoms with Gasteiger partial charge in [-0.2, -0.15) is 0 Å². The number of H-pyrrole nitrogens is 1. The van der Waals surface area contributed by atoms with Crippen LogP contribution in [0.2, 0.25) is 0 Å². The summed E-state index contributed by atoms with van der Waals surface area (Å²) in [6.07, 6.45) is 1.96. The summed E-state index contributed by atoms with van der Waals surface area (Å²) in [5.41, 5.74) is 7.28. The molecule has 2 rings (SSSR count). The van der Waals surface area contributed by atoms with E-state index in [-0.39, 0.29) is 12.3 Å². The van der Waals surface area contributed by atoms with Gasteiger partial charge in [0, 0.05) is 36.3 Å². The zero-order valence-corrected chi connectivity index (χ0v) is 19.7. The maximum Gasteiger partial charge on any atom is 0.328 e. The second-order valence-corrected chi connectivity index (χ2v) is 8.06. The van der Waals surface area contributed by atoms with Gasteiger partial charge in [0.25, 0.3) is 5.91 Å². The van der Waals surface area contributed by atoms with Crippen molar-refractivity contribution in [1.29, 1.82) is 0 Å². The first-order valence-electron chi connectivity index (χ1n) is 10.7. The molecule has 0 unspecified atom stereocenters. The number of benzene rings is 1. The van der Waals surface area contributed by atoms with E-state index in [9.17, 15) is 14.4 Å². The number of aromatic amines is 1. The Morgan fingerprint density at radius 3 is 2.48 bits per heavy atom. The van der Waals surface area contributed by atoms with Gasteiger partial charge in [0.2, 0.25) is 5.91 Å². The van der Waals surface area contributed by atoms with Crippen LogP contribution in [0.25, 0.3) is 10.9 Å². The van der Waals surface area contributed by atoms with Gasteiger partial charge in [0.05, 0.1) is 14.2 Å². The number of carbonyl (C=O) groups is 3. The predicted molar refractivity (Wildman–Crippen MR) is 125 cm³/mol. The number of carbonyl (C=O) groups excluding carboxylic acids is 3. The van der Waals surface area contributed by atoms with Crippen molar-refractivity contribution < 1.29 is 23.9 Å². The van der Waals surface area contributed by atoms with Crippen molar-refractivity contribution in [3.8, 4) is 5.75 Å². The summed E-state index contributed by atoms with van der Waals surface area (Å²) in [6, 6.07) is 5.26. The van der Waals surface area contributed by atoms with Crippen molar-refractivity contribution in [2.24, 2.45) is 11.7 Å². The first kappa shape index (κ1) is 25.6. The second kappa shape index (κ2) is 11.8. The minimum Gasteiger partial charge on any atom is -0.496 e. The van der Waals surface area contributed by atoms with Crippen molar-refractivity contribution in [3.63, 3.8) is 0 Å². The van der Waals surface area contributed by atoms with E-state index in [0.717, 1.165) is 10.9 Å². The lowest BCUT2D eigenvalue weighted by molar-refractivity contribution is -0.145. The number of methoxy groups -OCH3 is 2. The maximum absolute atomic E-state index is 13.0. The van der Waals surface area contributed by atoms with E-state index in [1.165, 1.54) is 13.3 Å². The normalized spacial score (nSPS) is 13.3. The van der Waals surface area contributed by atoms with Crippen LogP contribution in [0.3, 0.4) is 0 Å².